The monoisotopic (exact) mass is 179 g/mol. The quantitative estimate of drug-likeness (QED) is 0.634. The molecule has 1 fully saturated rings. The highest BCUT2D eigenvalue weighted by molar-refractivity contribution is 5.85. The molecule has 11 heavy (non-hydrogen) atoms. The van der Waals surface area contributed by atoms with Crippen LogP contribution in [0.3, 0.4) is 0 Å². The SMILES string of the molecule is CC1(C)CCNC(CO)C1.Cl. The predicted molar refractivity (Wildman–Crippen MR) is 49.1 cm³/mol. The van der Waals surface area contributed by atoms with Gasteiger partial charge in [0.25, 0.3) is 0 Å². The van der Waals surface area contributed by atoms with E-state index in [2.05, 4.69) is 19.2 Å². The van der Waals surface area contributed by atoms with Crippen LogP contribution >= 0.6 is 12.4 Å². The highest BCUT2D eigenvalue weighted by Gasteiger charge is 2.26. The lowest BCUT2D eigenvalue weighted by Gasteiger charge is -2.35. The first-order valence-electron chi connectivity index (χ1n) is 3.98. The van der Waals surface area contributed by atoms with Gasteiger partial charge in [-0.05, 0) is 24.8 Å². The van der Waals surface area contributed by atoms with Gasteiger partial charge < -0.3 is 10.4 Å². The van der Waals surface area contributed by atoms with Crippen molar-refractivity contribution in [3.63, 3.8) is 0 Å². The Labute approximate surface area is 74.8 Å². The van der Waals surface area contributed by atoms with E-state index in [9.17, 15) is 0 Å². The van der Waals surface area contributed by atoms with Crippen molar-refractivity contribution in [2.75, 3.05) is 13.2 Å². The Balaban J connectivity index is 0.000001000. The van der Waals surface area contributed by atoms with Gasteiger partial charge in [-0.25, -0.2) is 0 Å². The molecule has 1 unspecified atom stereocenters. The van der Waals surface area contributed by atoms with Crippen LogP contribution in [0.5, 0.6) is 0 Å². The lowest BCUT2D eigenvalue weighted by Crippen LogP contribution is -2.43. The van der Waals surface area contributed by atoms with E-state index in [-0.39, 0.29) is 19.0 Å². The topological polar surface area (TPSA) is 32.3 Å². The number of hydrogen-bond donors (Lipinski definition) is 2. The summed E-state index contributed by atoms with van der Waals surface area (Å²) in [5.74, 6) is 0. The second kappa shape index (κ2) is 4.29. The molecule has 0 saturated carbocycles. The van der Waals surface area contributed by atoms with Crippen LogP contribution in [0.25, 0.3) is 0 Å². The van der Waals surface area contributed by atoms with Gasteiger partial charge in [-0.2, -0.15) is 0 Å². The highest BCUT2D eigenvalue weighted by atomic mass is 35.5. The molecule has 0 bridgehead atoms. The molecule has 0 aromatic carbocycles. The second-order valence-electron chi connectivity index (χ2n) is 3.95. The molecule has 1 rings (SSSR count). The molecule has 1 atom stereocenters. The summed E-state index contributed by atoms with van der Waals surface area (Å²) in [4.78, 5) is 0. The zero-order valence-electron chi connectivity index (χ0n) is 7.26. The van der Waals surface area contributed by atoms with Gasteiger partial charge in [0.2, 0.25) is 0 Å². The molecule has 0 aliphatic carbocycles. The summed E-state index contributed by atoms with van der Waals surface area (Å²) in [5.41, 5.74) is 0.429. The van der Waals surface area contributed by atoms with E-state index in [4.69, 9.17) is 5.11 Å². The fourth-order valence-electron chi connectivity index (χ4n) is 1.59. The molecule has 3 heteroatoms. The molecule has 1 heterocycles. The Morgan fingerprint density at radius 3 is 2.55 bits per heavy atom. The van der Waals surface area contributed by atoms with Crippen LogP contribution in [0.1, 0.15) is 26.7 Å². The molecule has 0 spiro atoms. The number of halogens is 1. The van der Waals surface area contributed by atoms with E-state index < -0.39 is 0 Å². The minimum absolute atomic E-state index is 0. The lowest BCUT2D eigenvalue weighted by molar-refractivity contribution is 0.149. The summed E-state index contributed by atoms with van der Waals surface area (Å²) in [6.07, 6.45) is 2.33. The van der Waals surface area contributed by atoms with Gasteiger partial charge in [-0.3, -0.25) is 0 Å². The van der Waals surface area contributed by atoms with Crippen LogP contribution in [0.15, 0.2) is 0 Å². The van der Waals surface area contributed by atoms with Crippen molar-refractivity contribution in [2.24, 2.45) is 5.41 Å². The van der Waals surface area contributed by atoms with Crippen LogP contribution < -0.4 is 5.32 Å². The first-order valence-corrected chi connectivity index (χ1v) is 3.98. The molecule has 0 aromatic heterocycles. The Kier molecular flexibility index (Phi) is 4.37. The van der Waals surface area contributed by atoms with Crippen LogP contribution in [0.2, 0.25) is 0 Å². The molecule has 68 valence electrons. The summed E-state index contributed by atoms with van der Waals surface area (Å²) < 4.78 is 0. The van der Waals surface area contributed by atoms with E-state index in [1.165, 1.54) is 6.42 Å². The van der Waals surface area contributed by atoms with Crippen molar-refractivity contribution in [1.29, 1.82) is 0 Å². The zero-order valence-corrected chi connectivity index (χ0v) is 8.08. The van der Waals surface area contributed by atoms with Crippen molar-refractivity contribution in [1.82, 2.24) is 5.32 Å². The molecule has 1 saturated heterocycles. The molecule has 1 aliphatic rings. The molecule has 2 N–H and O–H groups in total. The van der Waals surface area contributed by atoms with Gasteiger partial charge in [-0.1, -0.05) is 13.8 Å². The van der Waals surface area contributed by atoms with Crippen molar-refractivity contribution in [3.8, 4) is 0 Å². The van der Waals surface area contributed by atoms with E-state index in [0.29, 0.717) is 11.5 Å². The average molecular weight is 180 g/mol. The minimum atomic E-state index is 0. The number of hydrogen-bond acceptors (Lipinski definition) is 2. The van der Waals surface area contributed by atoms with Crippen molar-refractivity contribution in [3.05, 3.63) is 0 Å². The van der Waals surface area contributed by atoms with Gasteiger partial charge in [0, 0.05) is 6.04 Å². The molecule has 0 radical (unpaired) electrons. The maximum atomic E-state index is 8.86. The second-order valence-corrected chi connectivity index (χ2v) is 3.95. The maximum Gasteiger partial charge on any atom is 0.0584 e. The standard InChI is InChI=1S/C8H17NO.ClH/c1-8(2)3-4-9-7(5-8)6-10;/h7,9-10H,3-6H2,1-2H3;1H. The predicted octanol–water partition coefficient (Wildman–Crippen LogP) is 1.18. The average Bonchev–Trinajstić information content (AvgIpc) is 1.86. The summed E-state index contributed by atoms with van der Waals surface area (Å²) >= 11 is 0. The molecule has 1 aliphatic heterocycles. The van der Waals surface area contributed by atoms with Crippen molar-refractivity contribution < 1.29 is 5.11 Å². The summed E-state index contributed by atoms with van der Waals surface area (Å²) in [6.45, 7) is 5.86. The zero-order chi connectivity index (χ0) is 7.61. The maximum absolute atomic E-state index is 8.86. The Bertz CT molecular complexity index is 117. The number of aliphatic hydroxyl groups excluding tert-OH is 1. The van der Waals surface area contributed by atoms with Crippen LogP contribution in [-0.2, 0) is 0 Å². The third-order valence-corrected chi connectivity index (χ3v) is 2.25. The first-order chi connectivity index (χ1) is 4.64. The van der Waals surface area contributed by atoms with Crippen molar-refractivity contribution in [2.45, 2.75) is 32.7 Å². The molecule has 2 nitrogen and oxygen atoms in total. The summed E-state index contributed by atoms with van der Waals surface area (Å²) in [7, 11) is 0. The third kappa shape index (κ3) is 3.41. The molecular weight excluding hydrogens is 162 g/mol. The van der Waals surface area contributed by atoms with Gasteiger partial charge in [0.1, 0.15) is 0 Å². The van der Waals surface area contributed by atoms with Gasteiger partial charge in [-0.15, -0.1) is 12.4 Å². The molecule has 0 aromatic rings. The third-order valence-electron chi connectivity index (χ3n) is 2.25. The van der Waals surface area contributed by atoms with Gasteiger partial charge in [0.05, 0.1) is 6.61 Å². The van der Waals surface area contributed by atoms with E-state index >= 15 is 0 Å². The highest BCUT2D eigenvalue weighted by Crippen LogP contribution is 2.28. The number of aliphatic hydroxyl groups is 1. The van der Waals surface area contributed by atoms with E-state index in [0.717, 1.165) is 13.0 Å². The van der Waals surface area contributed by atoms with Crippen LogP contribution in [-0.4, -0.2) is 24.3 Å². The molecule has 0 amide bonds. The largest absolute Gasteiger partial charge is 0.395 e. The fraction of sp³-hybridized carbons (Fsp3) is 1.00. The Morgan fingerprint density at radius 1 is 1.55 bits per heavy atom. The summed E-state index contributed by atoms with van der Waals surface area (Å²) in [5, 5.41) is 12.1. The van der Waals surface area contributed by atoms with Crippen LogP contribution in [0, 0.1) is 5.41 Å². The number of nitrogens with one attached hydrogen (secondary N) is 1. The van der Waals surface area contributed by atoms with Gasteiger partial charge in [0.15, 0.2) is 0 Å². The molecular formula is C8H18ClNO. The van der Waals surface area contributed by atoms with Crippen molar-refractivity contribution >= 4 is 12.4 Å². The fourth-order valence-corrected chi connectivity index (χ4v) is 1.59. The number of piperidine rings is 1. The Hall–Kier alpha value is 0.210. The van der Waals surface area contributed by atoms with E-state index in [1.54, 1.807) is 0 Å². The normalized spacial score (nSPS) is 29.2. The smallest absolute Gasteiger partial charge is 0.0584 e. The lowest BCUT2D eigenvalue weighted by atomic mass is 9.80. The number of rotatable bonds is 1. The minimum Gasteiger partial charge on any atom is -0.395 e. The van der Waals surface area contributed by atoms with Gasteiger partial charge >= 0.3 is 0 Å². The Morgan fingerprint density at radius 2 is 2.18 bits per heavy atom. The first kappa shape index (κ1) is 11.2. The van der Waals surface area contributed by atoms with Crippen LogP contribution in [0.4, 0.5) is 0 Å². The van der Waals surface area contributed by atoms with E-state index in [1.807, 2.05) is 0 Å². The summed E-state index contributed by atoms with van der Waals surface area (Å²) in [6, 6.07) is 0.337.